The summed E-state index contributed by atoms with van der Waals surface area (Å²) in [7, 11) is 0. The van der Waals surface area contributed by atoms with E-state index in [1.54, 1.807) is 31.2 Å². The minimum Gasteiger partial charge on any atom is -0.493 e. The molecule has 0 aliphatic carbocycles. The number of carbonyl (C=O) groups excluding carboxylic acids is 2. The van der Waals surface area contributed by atoms with Crippen molar-refractivity contribution in [1.82, 2.24) is 5.06 Å². The molecule has 2 aromatic carbocycles. The van der Waals surface area contributed by atoms with Crippen LogP contribution in [0.1, 0.15) is 34.6 Å². The molecule has 108 valence electrons. The van der Waals surface area contributed by atoms with Crippen LogP contribution in [0.2, 0.25) is 0 Å². The Balaban J connectivity index is 2.28. The van der Waals surface area contributed by atoms with Gasteiger partial charge in [-0.3, -0.25) is 14.4 Å². The number of hydrogen-bond acceptors (Lipinski definition) is 4. The molecule has 1 aliphatic heterocycles. The van der Waals surface area contributed by atoms with E-state index in [4.69, 9.17) is 9.57 Å². The van der Waals surface area contributed by atoms with Gasteiger partial charge in [-0.05, 0) is 32.0 Å². The summed E-state index contributed by atoms with van der Waals surface area (Å²) in [6.45, 7) is 4.39. The zero-order valence-electron chi connectivity index (χ0n) is 11.9. The summed E-state index contributed by atoms with van der Waals surface area (Å²) < 4.78 is 5.58. The fourth-order valence-corrected chi connectivity index (χ4v) is 2.58. The van der Waals surface area contributed by atoms with Crippen LogP contribution in [-0.2, 0) is 4.84 Å². The van der Waals surface area contributed by atoms with Gasteiger partial charge in [-0.2, -0.15) is 0 Å². The van der Waals surface area contributed by atoms with Gasteiger partial charge >= 0.3 is 0 Å². The summed E-state index contributed by atoms with van der Waals surface area (Å²) in [5, 5.41) is 2.23. The third-order valence-corrected chi connectivity index (χ3v) is 3.39. The molecule has 2 amide bonds. The first-order chi connectivity index (χ1) is 10.2. The van der Waals surface area contributed by atoms with Crippen LogP contribution >= 0.6 is 0 Å². The van der Waals surface area contributed by atoms with E-state index in [-0.39, 0.29) is 6.61 Å². The van der Waals surface area contributed by atoms with Crippen LogP contribution in [0.4, 0.5) is 0 Å². The van der Waals surface area contributed by atoms with Crippen molar-refractivity contribution < 1.29 is 19.2 Å². The van der Waals surface area contributed by atoms with Crippen LogP contribution in [0.15, 0.2) is 30.3 Å². The number of hydroxylamine groups is 2. The van der Waals surface area contributed by atoms with Crippen LogP contribution in [0.3, 0.4) is 0 Å². The maximum Gasteiger partial charge on any atom is 0.285 e. The SMILES string of the molecule is CCOc1ccc2c3c(cccc13)C(=O)N(OCC)C2=O. The molecule has 0 aromatic heterocycles. The first-order valence-corrected chi connectivity index (χ1v) is 6.89. The second-order valence-electron chi connectivity index (χ2n) is 4.59. The lowest BCUT2D eigenvalue weighted by atomic mass is 9.94. The Hall–Kier alpha value is -2.40. The highest BCUT2D eigenvalue weighted by molar-refractivity contribution is 6.25. The van der Waals surface area contributed by atoms with Gasteiger partial charge in [-0.15, -0.1) is 5.06 Å². The predicted octanol–water partition coefficient (Wildman–Crippen LogP) is 2.79. The van der Waals surface area contributed by atoms with Gasteiger partial charge < -0.3 is 4.74 Å². The molecule has 3 rings (SSSR count). The van der Waals surface area contributed by atoms with Crippen molar-refractivity contribution in [3.8, 4) is 5.75 Å². The van der Waals surface area contributed by atoms with Crippen LogP contribution in [0.25, 0.3) is 10.8 Å². The maximum absolute atomic E-state index is 12.4. The molecule has 0 saturated carbocycles. The van der Waals surface area contributed by atoms with Gasteiger partial charge in [0.1, 0.15) is 5.75 Å². The number of benzene rings is 2. The third-order valence-electron chi connectivity index (χ3n) is 3.39. The Morgan fingerprint density at radius 2 is 1.67 bits per heavy atom. The van der Waals surface area contributed by atoms with E-state index in [0.717, 1.165) is 10.4 Å². The molecule has 0 unspecified atom stereocenters. The molecule has 1 aliphatic rings. The van der Waals surface area contributed by atoms with Gasteiger partial charge in [-0.25, -0.2) is 0 Å². The Morgan fingerprint density at radius 3 is 2.33 bits per heavy atom. The Morgan fingerprint density at radius 1 is 0.952 bits per heavy atom. The lowest BCUT2D eigenvalue weighted by Gasteiger charge is -2.26. The fourth-order valence-electron chi connectivity index (χ4n) is 2.58. The molecule has 0 spiro atoms. The average molecular weight is 285 g/mol. The number of ether oxygens (including phenoxy) is 1. The number of amides is 2. The van der Waals surface area contributed by atoms with Crippen molar-refractivity contribution in [3.05, 3.63) is 41.5 Å². The number of carbonyl (C=O) groups is 2. The van der Waals surface area contributed by atoms with E-state index in [0.29, 0.717) is 28.9 Å². The molecular formula is C16H15NO4. The highest BCUT2D eigenvalue weighted by Gasteiger charge is 2.34. The van der Waals surface area contributed by atoms with Crippen LogP contribution in [0, 0.1) is 0 Å². The van der Waals surface area contributed by atoms with Crippen LogP contribution < -0.4 is 4.74 Å². The summed E-state index contributed by atoms with van der Waals surface area (Å²) in [4.78, 5) is 30.0. The average Bonchev–Trinajstić information content (AvgIpc) is 2.50. The van der Waals surface area contributed by atoms with Crippen molar-refractivity contribution in [2.24, 2.45) is 0 Å². The second-order valence-corrected chi connectivity index (χ2v) is 4.59. The smallest absolute Gasteiger partial charge is 0.285 e. The van der Waals surface area contributed by atoms with Gasteiger partial charge in [0, 0.05) is 10.8 Å². The van der Waals surface area contributed by atoms with Crippen molar-refractivity contribution in [1.29, 1.82) is 0 Å². The lowest BCUT2D eigenvalue weighted by molar-refractivity contribution is -0.0903. The first kappa shape index (κ1) is 13.6. The molecule has 0 saturated heterocycles. The largest absolute Gasteiger partial charge is 0.493 e. The number of imide groups is 1. The molecule has 0 fully saturated rings. The summed E-state index contributed by atoms with van der Waals surface area (Å²) in [5.74, 6) is -0.203. The normalized spacial score (nSPS) is 13.9. The van der Waals surface area contributed by atoms with Gasteiger partial charge in [-0.1, -0.05) is 12.1 Å². The summed E-state index contributed by atoms with van der Waals surface area (Å²) in [6, 6.07) is 8.76. The molecule has 0 N–H and O–H groups in total. The van der Waals surface area contributed by atoms with Crippen LogP contribution in [-0.4, -0.2) is 30.1 Å². The number of rotatable bonds is 4. The van der Waals surface area contributed by atoms with E-state index in [9.17, 15) is 9.59 Å². The van der Waals surface area contributed by atoms with Gasteiger partial charge in [0.05, 0.1) is 24.3 Å². The van der Waals surface area contributed by atoms with E-state index in [1.807, 2.05) is 13.0 Å². The summed E-state index contributed by atoms with van der Waals surface area (Å²) in [5.41, 5.74) is 0.911. The van der Waals surface area contributed by atoms with Crippen molar-refractivity contribution in [3.63, 3.8) is 0 Å². The summed E-state index contributed by atoms with van der Waals surface area (Å²) in [6.07, 6.45) is 0. The minimum absolute atomic E-state index is 0.250. The zero-order valence-corrected chi connectivity index (χ0v) is 11.9. The number of hydrogen-bond donors (Lipinski definition) is 0. The number of nitrogens with zero attached hydrogens (tertiary/aromatic N) is 1. The zero-order chi connectivity index (χ0) is 15.0. The van der Waals surface area contributed by atoms with E-state index in [1.165, 1.54) is 0 Å². The van der Waals surface area contributed by atoms with Crippen LogP contribution in [0.5, 0.6) is 5.75 Å². The van der Waals surface area contributed by atoms with Gasteiger partial charge in [0.15, 0.2) is 0 Å². The molecule has 2 aromatic rings. The molecule has 0 radical (unpaired) electrons. The van der Waals surface area contributed by atoms with Crippen molar-refractivity contribution in [2.45, 2.75) is 13.8 Å². The van der Waals surface area contributed by atoms with E-state index < -0.39 is 11.8 Å². The van der Waals surface area contributed by atoms with Crippen molar-refractivity contribution >= 4 is 22.6 Å². The van der Waals surface area contributed by atoms with Gasteiger partial charge in [0.25, 0.3) is 11.8 Å². The molecule has 0 atom stereocenters. The summed E-state index contributed by atoms with van der Waals surface area (Å²) >= 11 is 0. The Kier molecular flexibility index (Phi) is 3.35. The van der Waals surface area contributed by atoms with Crippen molar-refractivity contribution in [2.75, 3.05) is 13.2 Å². The molecule has 1 heterocycles. The quantitative estimate of drug-likeness (QED) is 0.811. The third kappa shape index (κ3) is 1.97. The Bertz CT molecular complexity index is 716. The first-order valence-electron chi connectivity index (χ1n) is 6.89. The molecule has 5 heteroatoms. The highest BCUT2D eigenvalue weighted by Crippen LogP contribution is 2.35. The Labute approximate surface area is 122 Å². The fraction of sp³-hybridized carbons (Fsp3) is 0.250. The standard InChI is InChI=1S/C16H15NO4/c1-3-20-13-9-8-12-14-10(13)6-5-7-11(14)15(18)17(16(12)19)21-4-2/h5-9H,3-4H2,1-2H3. The van der Waals surface area contributed by atoms with Gasteiger partial charge in [0.2, 0.25) is 0 Å². The molecular weight excluding hydrogens is 270 g/mol. The topological polar surface area (TPSA) is 55.8 Å². The van der Waals surface area contributed by atoms with E-state index >= 15 is 0 Å². The monoisotopic (exact) mass is 285 g/mol. The second kappa shape index (κ2) is 5.18. The van der Waals surface area contributed by atoms with E-state index in [2.05, 4.69) is 0 Å². The molecule has 0 bridgehead atoms. The molecule has 21 heavy (non-hydrogen) atoms. The minimum atomic E-state index is -0.436. The maximum atomic E-state index is 12.4. The highest BCUT2D eigenvalue weighted by atomic mass is 16.7. The predicted molar refractivity (Wildman–Crippen MR) is 77.2 cm³/mol. The lowest BCUT2D eigenvalue weighted by Crippen LogP contribution is -2.40. The molecule has 5 nitrogen and oxygen atoms in total.